The monoisotopic (exact) mass is 215 g/mol. The summed E-state index contributed by atoms with van der Waals surface area (Å²) in [6.07, 6.45) is 5.66. The largest absolute Gasteiger partial charge is 0.356 e. The molecule has 16 heavy (non-hydrogen) atoms. The molecule has 0 spiro atoms. The fraction of sp³-hybridized carbons (Fsp3) is 0.500. The van der Waals surface area contributed by atoms with Gasteiger partial charge in [-0.1, -0.05) is 18.2 Å². The maximum atomic E-state index is 11.5. The highest BCUT2D eigenvalue weighted by molar-refractivity contribution is 5.80. The quantitative estimate of drug-likeness (QED) is 0.801. The molecule has 2 nitrogen and oxygen atoms in total. The first-order valence-electron chi connectivity index (χ1n) is 6.21. The van der Waals surface area contributed by atoms with E-state index in [1.165, 1.54) is 36.0 Å². The summed E-state index contributed by atoms with van der Waals surface area (Å²) in [5.74, 6) is 0.444. The number of nitrogens with one attached hydrogen (secondary N) is 1. The molecule has 2 heteroatoms. The molecule has 1 aliphatic heterocycles. The maximum Gasteiger partial charge on any atom is 0.223 e. The zero-order valence-electron chi connectivity index (χ0n) is 9.46. The van der Waals surface area contributed by atoms with Crippen LogP contribution in [0.2, 0.25) is 0 Å². The van der Waals surface area contributed by atoms with E-state index in [2.05, 4.69) is 23.5 Å². The first-order valence-corrected chi connectivity index (χ1v) is 6.21. The summed E-state index contributed by atoms with van der Waals surface area (Å²) in [7, 11) is 0. The van der Waals surface area contributed by atoms with Gasteiger partial charge in [-0.05, 0) is 48.8 Å². The molecule has 0 radical (unpaired) electrons. The number of amides is 1. The number of hydrogen-bond donors (Lipinski definition) is 1. The summed E-state index contributed by atoms with van der Waals surface area (Å²) in [5, 5.41) is 2.90. The van der Waals surface area contributed by atoms with Crippen molar-refractivity contribution in [2.75, 3.05) is 6.54 Å². The molecule has 1 atom stereocenters. The van der Waals surface area contributed by atoms with Crippen molar-refractivity contribution < 1.29 is 4.79 Å². The molecule has 84 valence electrons. The van der Waals surface area contributed by atoms with E-state index in [9.17, 15) is 4.79 Å². The third kappa shape index (κ3) is 1.73. The van der Waals surface area contributed by atoms with Gasteiger partial charge in [0.15, 0.2) is 0 Å². The summed E-state index contributed by atoms with van der Waals surface area (Å²) >= 11 is 0. The number of carbonyl (C=O) groups excluding carboxylic acids is 1. The minimum Gasteiger partial charge on any atom is -0.356 e. The van der Waals surface area contributed by atoms with Crippen molar-refractivity contribution in [1.29, 1.82) is 0 Å². The van der Waals surface area contributed by atoms with Crippen LogP contribution < -0.4 is 5.32 Å². The Morgan fingerprint density at radius 3 is 2.94 bits per heavy atom. The number of hydrogen-bond acceptors (Lipinski definition) is 1. The third-order valence-electron chi connectivity index (χ3n) is 3.81. The molecular formula is C14H17NO. The Morgan fingerprint density at radius 1 is 1.25 bits per heavy atom. The van der Waals surface area contributed by atoms with Crippen LogP contribution in [0.15, 0.2) is 18.2 Å². The van der Waals surface area contributed by atoms with Crippen LogP contribution in [0.4, 0.5) is 0 Å². The lowest BCUT2D eigenvalue weighted by Gasteiger charge is -2.08. The molecule has 2 aliphatic rings. The molecule has 0 saturated carbocycles. The predicted octanol–water partition coefficient (Wildman–Crippen LogP) is 1.85. The van der Waals surface area contributed by atoms with Gasteiger partial charge >= 0.3 is 0 Å². The Balaban J connectivity index is 1.77. The smallest absolute Gasteiger partial charge is 0.223 e. The van der Waals surface area contributed by atoms with E-state index in [4.69, 9.17) is 0 Å². The summed E-state index contributed by atoms with van der Waals surface area (Å²) in [6.45, 7) is 0.856. The van der Waals surface area contributed by atoms with Gasteiger partial charge in [-0.25, -0.2) is 0 Å². The average molecular weight is 215 g/mol. The van der Waals surface area contributed by atoms with Crippen molar-refractivity contribution >= 4 is 5.91 Å². The predicted molar refractivity (Wildman–Crippen MR) is 63.3 cm³/mol. The van der Waals surface area contributed by atoms with Crippen LogP contribution in [0.25, 0.3) is 0 Å². The van der Waals surface area contributed by atoms with Gasteiger partial charge in [0.1, 0.15) is 0 Å². The van der Waals surface area contributed by atoms with Crippen LogP contribution in [0.3, 0.4) is 0 Å². The standard InChI is InChI=1S/C14H17NO/c16-14-13(6-7-15-14)9-10-4-5-11-2-1-3-12(11)8-10/h4-5,8,13H,1-3,6-7,9H2,(H,15,16). The van der Waals surface area contributed by atoms with Gasteiger partial charge in [-0.3, -0.25) is 4.79 Å². The van der Waals surface area contributed by atoms with Crippen LogP contribution in [0, 0.1) is 5.92 Å². The average Bonchev–Trinajstić information content (AvgIpc) is 2.88. The van der Waals surface area contributed by atoms with E-state index in [0.717, 1.165) is 19.4 Å². The minimum atomic E-state index is 0.208. The van der Waals surface area contributed by atoms with Crippen molar-refractivity contribution in [2.45, 2.75) is 32.1 Å². The summed E-state index contributed by atoms with van der Waals surface area (Å²) < 4.78 is 0. The summed E-state index contributed by atoms with van der Waals surface area (Å²) in [6, 6.07) is 6.77. The van der Waals surface area contributed by atoms with Crippen molar-refractivity contribution in [3.63, 3.8) is 0 Å². The molecule has 1 aliphatic carbocycles. The van der Waals surface area contributed by atoms with E-state index < -0.39 is 0 Å². The minimum absolute atomic E-state index is 0.208. The van der Waals surface area contributed by atoms with E-state index in [1.807, 2.05) is 0 Å². The molecule has 0 bridgehead atoms. The molecule has 1 N–H and O–H groups in total. The molecular weight excluding hydrogens is 198 g/mol. The molecule has 1 aromatic carbocycles. The lowest BCUT2D eigenvalue weighted by Crippen LogP contribution is -2.20. The molecule has 0 aromatic heterocycles. The van der Waals surface area contributed by atoms with E-state index in [1.54, 1.807) is 0 Å². The zero-order chi connectivity index (χ0) is 11.0. The van der Waals surface area contributed by atoms with E-state index in [0.29, 0.717) is 0 Å². The van der Waals surface area contributed by atoms with Gasteiger partial charge in [-0.15, -0.1) is 0 Å². The highest BCUT2D eigenvalue weighted by Gasteiger charge is 2.24. The number of aryl methyl sites for hydroxylation is 2. The SMILES string of the molecule is O=C1NCCC1Cc1ccc2c(c1)CCC2. The van der Waals surface area contributed by atoms with Gasteiger partial charge in [-0.2, -0.15) is 0 Å². The Bertz CT molecular complexity index is 425. The van der Waals surface area contributed by atoms with Gasteiger partial charge in [0, 0.05) is 12.5 Å². The molecule has 1 amide bonds. The van der Waals surface area contributed by atoms with Crippen LogP contribution >= 0.6 is 0 Å². The van der Waals surface area contributed by atoms with Crippen molar-refractivity contribution in [3.8, 4) is 0 Å². The second-order valence-electron chi connectivity index (χ2n) is 4.94. The van der Waals surface area contributed by atoms with Crippen molar-refractivity contribution in [2.24, 2.45) is 5.92 Å². The Kier molecular flexibility index (Phi) is 2.43. The molecule has 1 fully saturated rings. The normalized spacial score (nSPS) is 23.2. The number of rotatable bonds is 2. The molecule has 1 aromatic rings. The fourth-order valence-electron chi connectivity index (χ4n) is 2.88. The summed E-state index contributed by atoms with van der Waals surface area (Å²) in [5.41, 5.74) is 4.36. The fourth-order valence-corrected chi connectivity index (χ4v) is 2.88. The summed E-state index contributed by atoms with van der Waals surface area (Å²) in [4.78, 5) is 11.5. The topological polar surface area (TPSA) is 29.1 Å². The number of benzene rings is 1. The van der Waals surface area contributed by atoms with Crippen LogP contribution in [0.5, 0.6) is 0 Å². The van der Waals surface area contributed by atoms with Gasteiger partial charge < -0.3 is 5.32 Å². The first-order chi connectivity index (χ1) is 7.83. The highest BCUT2D eigenvalue weighted by Crippen LogP contribution is 2.25. The Hall–Kier alpha value is -1.31. The van der Waals surface area contributed by atoms with Gasteiger partial charge in [0.25, 0.3) is 0 Å². The number of carbonyl (C=O) groups is 1. The molecule has 1 unspecified atom stereocenters. The lowest BCUT2D eigenvalue weighted by molar-refractivity contribution is -0.122. The van der Waals surface area contributed by atoms with Crippen molar-refractivity contribution in [1.82, 2.24) is 5.32 Å². The first kappa shape index (κ1) is 9.88. The zero-order valence-corrected chi connectivity index (χ0v) is 9.46. The van der Waals surface area contributed by atoms with Crippen LogP contribution in [-0.4, -0.2) is 12.5 Å². The van der Waals surface area contributed by atoms with Crippen LogP contribution in [-0.2, 0) is 24.1 Å². The second-order valence-corrected chi connectivity index (χ2v) is 4.94. The lowest BCUT2D eigenvalue weighted by atomic mass is 9.96. The Morgan fingerprint density at radius 2 is 2.12 bits per heavy atom. The molecule has 3 rings (SSSR count). The maximum absolute atomic E-state index is 11.5. The number of fused-ring (bicyclic) bond motifs is 1. The van der Waals surface area contributed by atoms with E-state index in [-0.39, 0.29) is 11.8 Å². The van der Waals surface area contributed by atoms with Gasteiger partial charge in [0.2, 0.25) is 5.91 Å². The third-order valence-corrected chi connectivity index (χ3v) is 3.81. The van der Waals surface area contributed by atoms with Gasteiger partial charge in [0.05, 0.1) is 0 Å². The van der Waals surface area contributed by atoms with Crippen LogP contribution in [0.1, 0.15) is 29.5 Å². The Labute approximate surface area is 96.1 Å². The molecule has 1 saturated heterocycles. The van der Waals surface area contributed by atoms with E-state index >= 15 is 0 Å². The molecule has 1 heterocycles. The van der Waals surface area contributed by atoms with Crippen molar-refractivity contribution in [3.05, 3.63) is 34.9 Å². The highest BCUT2D eigenvalue weighted by atomic mass is 16.2. The second kappa shape index (κ2) is 3.93.